The Bertz CT molecular complexity index is 594. The fraction of sp³-hybridized carbons (Fsp3) is 0.333. The Balaban J connectivity index is 1.59. The molecule has 1 N–H and O–H groups in total. The Morgan fingerprint density at radius 1 is 1.14 bits per heavy atom. The highest BCUT2D eigenvalue weighted by molar-refractivity contribution is 7.99. The lowest BCUT2D eigenvalue weighted by Gasteiger charge is -2.14. The molecular formula is C18H21NOS. The third-order valence-electron chi connectivity index (χ3n) is 3.58. The van der Waals surface area contributed by atoms with Crippen molar-refractivity contribution in [3.63, 3.8) is 0 Å². The third-order valence-corrected chi connectivity index (χ3v) is 4.83. The van der Waals surface area contributed by atoms with E-state index in [0.29, 0.717) is 5.92 Å². The van der Waals surface area contributed by atoms with Crippen LogP contribution in [0.25, 0.3) is 0 Å². The maximum Gasteiger partial charge on any atom is 0.119 e. The van der Waals surface area contributed by atoms with E-state index < -0.39 is 0 Å². The van der Waals surface area contributed by atoms with E-state index in [1.807, 2.05) is 37.7 Å². The Morgan fingerprint density at radius 2 is 1.90 bits per heavy atom. The summed E-state index contributed by atoms with van der Waals surface area (Å²) in [6.07, 6.45) is 0.218. The third kappa shape index (κ3) is 3.53. The van der Waals surface area contributed by atoms with Crippen LogP contribution in [0.4, 0.5) is 5.69 Å². The van der Waals surface area contributed by atoms with Crippen molar-refractivity contribution < 1.29 is 4.74 Å². The molecule has 2 nitrogen and oxygen atoms in total. The van der Waals surface area contributed by atoms with Crippen LogP contribution in [0, 0.1) is 0 Å². The van der Waals surface area contributed by atoms with Gasteiger partial charge in [0.1, 0.15) is 5.75 Å². The molecule has 3 rings (SSSR count). The molecule has 1 aliphatic rings. The lowest BCUT2D eigenvalue weighted by atomic mass is 10.0. The number of anilines is 1. The standard InChI is InChI=1S/C18H21NOS/c1-13(2)20-16-9-7-15(8-10-16)19-11-14-12-21-18-6-4-3-5-17(14)18/h3-10,13-14,19H,11-12H2,1-2H3. The van der Waals surface area contributed by atoms with E-state index in [0.717, 1.165) is 18.0 Å². The molecule has 1 heterocycles. The second kappa shape index (κ2) is 6.44. The number of benzene rings is 2. The van der Waals surface area contributed by atoms with E-state index in [4.69, 9.17) is 4.74 Å². The number of hydrogen-bond acceptors (Lipinski definition) is 3. The molecule has 3 heteroatoms. The molecule has 0 fully saturated rings. The van der Waals surface area contributed by atoms with E-state index >= 15 is 0 Å². The highest BCUT2D eigenvalue weighted by atomic mass is 32.2. The molecular weight excluding hydrogens is 278 g/mol. The summed E-state index contributed by atoms with van der Waals surface area (Å²) >= 11 is 1.96. The molecule has 0 radical (unpaired) electrons. The highest BCUT2D eigenvalue weighted by Gasteiger charge is 2.22. The molecule has 0 aromatic heterocycles. The van der Waals surface area contributed by atoms with Gasteiger partial charge in [0, 0.05) is 28.8 Å². The summed E-state index contributed by atoms with van der Waals surface area (Å²) in [6.45, 7) is 5.07. The summed E-state index contributed by atoms with van der Waals surface area (Å²) in [5, 5.41) is 3.54. The average molecular weight is 299 g/mol. The van der Waals surface area contributed by atoms with Gasteiger partial charge < -0.3 is 10.1 Å². The fourth-order valence-corrected chi connectivity index (χ4v) is 3.82. The molecule has 21 heavy (non-hydrogen) atoms. The van der Waals surface area contributed by atoms with Crippen molar-refractivity contribution >= 4 is 17.4 Å². The van der Waals surface area contributed by atoms with Crippen LogP contribution < -0.4 is 10.1 Å². The molecule has 2 aromatic carbocycles. The number of rotatable bonds is 5. The molecule has 110 valence electrons. The van der Waals surface area contributed by atoms with Gasteiger partial charge in [-0.15, -0.1) is 11.8 Å². The van der Waals surface area contributed by atoms with E-state index in [1.165, 1.54) is 16.2 Å². The van der Waals surface area contributed by atoms with Gasteiger partial charge >= 0.3 is 0 Å². The molecule has 0 amide bonds. The van der Waals surface area contributed by atoms with E-state index in [2.05, 4.69) is 41.7 Å². The van der Waals surface area contributed by atoms with Gasteiger partial charge in [-0.1, -0.05) is 18.2 Å². The average Bonchev–Trinajstić information content (AvgIpc) is 2.89. The zero-order chi connectivity index (χ0) is 14.7. The summed E-state index contributed by atoms with van der Waals surface area (Å²) in [7, 11) is 0. The Labute approximate surface area is 130 Å². The Kier molecular flexibility index (Phi) is 4.39. The summed E-state index contributed by atoms with van der Waals surface area (Å²) in [5.41, 5.74) is 2.63. The van der Waals surface area contributed by atoms with Crippen LogP contribution in [0.15, 0.2) is 53.4 Å². The minimum absolute atomic E-state index is 0.218. The first kappa shape index (κ1) is 14.3. The van der Waals surface area contributed by atoms with Crippen LogP contribution in [0.2, 0.25) is 0 Å². The molecule has 2 aromatic rings. The van der Waals surface area contributed by atoms with Gasteiger partial charge in [0.2, 0.25) is 0 Å². The number of hydrogen-bond donors (Lipinski definition) is 1. The molecule has 0 bridgehead atoms. The lowest BCUT2D eigenvalue weighted by molar-refractivity contribution is 0.242. The smallest absolute Gasteiger partial charge is 0.119 e. The number of thioether (sulfide) groups is 1. The zero-order valence-electron chi connectivity index (χ0n) is 12.5. The lowest BCUT2D eigenvalue weighted by Crippen LogP contribution is -2.12. The second-order valence-corrected chi connectivity index (χ2v) is 6.68. The fourth-order valence-electron chi connectivity index (χ4n) is 2.56. The predicted molar refractivity (Wildman–Crippen MR) is 90.6 cm³/mol. The van der Waals surface area contributed by atoms with Crippen molar-refractivity contribution in [2.75, 3.05) is 17.6 Å². The summed E-state index contributed by atoms with van der Waals surface area (Å²) in [5.74, 6) is 2.69. The van der Waals surface area contributed by atoms with Crippen LogP contribution in [0.5, 0.6) is 5.75 Å². The molecule has 1 unspecified atom stereocenters. The van der Waals surface area contributed by atoms with Crippen LogP contribution in [-0.2, 0) is 0 Å². The maximum absolute atomic E-state index is 5.66. The summed E-state index contributed by atoms with van der Waals surface area (Å²) in [4.78, 5) is 1.44. The van der Waals surface area contributed by atoms with Gasteiger partial charge in [-0.2, -0.15) is 0 Å². The second-order valence-electron chi connectivity index (χ2n) is 5.62. The first-order chi connectivity index (χ1) is 10.2. The highest BCUT2D eigenvalue weighted by Crippen LogP contribution is 2.39. The molecule has 0 aliphatic carbocycles. The normalized spacial score (nSPS) is 16.8. The van der Waals surface area contributed by atoms with E-state index in [9.17, 15) is 0 Å². The van der Waals surface area contributed by atoms with Gasteiger partial charge in [0.25, 0.3) is 0 Å². The van der Waals surface area contributed by atoms with Crippen LogP contribution >= 0.6 is 11.8 Å². The van der Waals surface area contributed by atoms with Gasteiger partial charge in [-0.25, -0.2) is 0 Å². The van der Waals surface area contributed by atoms with Crippen molar-refractivity contribution in [3.05, 3.63) is 54.1 Å². The molecule has 1 aliphatic heterocycles. The SMILES string of the molecule is CC(C)Oc1ccc(NCC2CSc3ccccc32)cc1. The number of fused-ring (bicyclic) bond motifs is 1. The Hall–Kier alpha value is -1.61. The Morgan fingerprint density at radius 3 is 2.67 bits per heavy atom. The van der Waals surface area contributed by atoms with Crippen molar-refractivity contribution in [1.29, 1.82) is 0 Å². The zero-order valence-corrected chi connectivity index (χ0v) is 13.3. The first-order valence-electron chi connectivity index (χ1n) is 7.44. The van der Waals surface area contributed by atoms with Gasteiger partial charge in [-0.3, -0.25) is 0 Å². The summed E-state index contributed by atoms with van der Waals surface area (Å²) < 4.78 is 5.66. The molecule has 0 saturated carbocycles. The van der Waals surface area contributed by atoms with Gasteiger partial charge in [0.05, 0.1) is 6.10 Å². The van der Waals surface area contributed by atoms with Gasteiger partial charge in [-0.05, 0) is 49.7 Å². The molecule has 0 saturated heterocycles. The van der Waals surface area contributed by atoms with Crippen molar-refractivity contribution in [2.45, 2.75) is 30.8 Å². The van der Waals surface area contributed by atoms with Crippen molar-refractivity contribution in [1.82, 2.24) is 0 Å². The largest absolute Gasteiger partial charge is 0.491 e. The maximum atomic E-state index is 5.66. The van der Waals surface area contributed by atoms with Crippen LogP contribution in [-0.4, -0.2) is 18.4 Å². The van der Waals surface area contributed by atoms with E-state index in [-0.39, 0.29) is 6.10 Å². The summed E-state index contributed by atoms with van der Waals surface area (Å²) in [6, 6.07) is 17.0. The monoisotopic (exact) mass is 299 g/mol. The van der Waals surface area contributed by atoms with E-state index in [1.54, 1.807) is 0 Å². The van der Waals surface area contributed by atoms with Crippen LogP contribution in [0.1, 0.15) is 25.3 Å². The first-order valence-corrected chi connectivity index (χ1v) is 8.43. The number of ether oxygens (including phenoxy) is 1. The topological polar surface area (TPSA) is 21.3 Å². The number of nitrogens with one attached hydrogen (secondary N) is 1. The molecule has 1 atom stereocenters. The van der Waals surface area contributed by atoms with Gasteiger partial charge in [0.15, 0.2) is 0 Å². The van der Waals surface area contributed by atoms with Crippen molar-refractivity contribution in [2.24, 2.45) is 0 Å². The van der Waals surface area contributed by atoms with Crippen LogP contribution in [0.3, 0.4) is 0 Å². The minimum atomic E-state index is 0.218. The quantitative estimate of drug-likeness (QED) is 0.859. The molecule has 0 spiro atoms. The minimum Gasteiger partial charge on any atom is -0.491 e. The predicted octanol–water partition coefficient (Wildman–Crippen LogP) is 4.78. The van der Waals surface area contributed by atoms with Crippen molar-refractivity contribution in [3.8, 4) is 5.75 Å².